The average Bonchev–Trinajstić information content (AvgIpc) is 2.69. The molecule has 0 aromatic heterocycles. The highest BCUT2D eigenvalue weighted by Gasteiger charge is 2.60. The first-order chi connectivity index (χ1) is 15.1. The summed E-state index contributed by atoms with van der Waals surface area (Å²) in [4.78, 5) is 23.1. The molecule has 0 aliphatic heterocycles. The molecule has 6 rings (SSSR count). The highest BCUT2D eigenvalue weighted by atomic mass is 35.5. The van der Waals surface area contributed by atoms with E-state index in [-0.39, 0.29) is 11.1 Å². The molecule has 0 radical (unpaired) electrons. The maximum absolute atomic E-state index is 11.6. The number of hydrogen-bond donors (Lipinski definition) is 0. The van der Waals surface area contributed by atoms with Crippen LogP contribution in [0, 0.1) is 28.6 Å². The highest BCUT2D eigenvalue weighted by molar-refractivity contribution is 6.69. The molecule has 0 N–H and O–H groups in total. The van der Waals surface area contributed by atoms with Gasteiger partial charge in [0.2, 0.25) is 0 Å². The number of halogens is 2. The lowest BCUT2D eigenvalue weighted by molar-refractivity contribution is -0.110. The smallest absolute Gasteiger partial charge is 0.252 e. The lowest BCUT2D eigenvalue weighted by Crippen LogP contribution is -2.56. The molecule has 4 heteroatoms. The Morgan fingerprint density at radius 1 is 0.781 bits per heavy atom. The van der Waals surface area contributed by atoms with E-state index in [9.17, 15) is 9.59 Å². The maximum atomic E-state index is 11.6. The fourth-order valence-corrected chi connectivity index (χ4v) is 7.97. The first-order valence-corrected chi connectivity index (χ1v) is 12.0. The fraction of sp³-hybridized carbons (Fsp3) is 0.429. The molecule has 4 saturated carbocycles. The van der Waals surface area contributed by atoms with Crippen molar-refractivity contribution in [3.05, 3.63) is 70.3 Å². The second-order valence-electron chi connectivity index (χ2n) is 11.1. The number of benzene rings is 2. The number of carbonyl (C=O) groups excluding carboxylic acids is 2. The van der Waals surface area contributed by atoms with Gasteiger partial charge in [0, 0.05) is 22.3 Å². The summed E-state index contributed by atoms with van der Waals surface area (Å²) in [5, 5.41) is -1.29. The van der Waals surface area contributed by atoms with Crippen LogP contribution in [0.15, 0.2) is 42.5 Å². The third-order valence-electron chi connectivity index (χ3n) is 7.86. The minimum atomic E-state index is -0.643. The molecule has 0 amide bonds. The van der Waals surface area contributed by atoms with Gasteiger partial charge in [0.15, 0.2) is 0 Å². The van der Waals surface area contributed by atoms with Gasteiger partial charge < -0.3 is 0 Å². The van der Waals surface area contributed by atoms with Crippen molar-refractivity contribution in [2.75, 3.05) is 0 Å². The SMILES string of the molecule is CC12CC3CC(C)(C1)CC(c1ccc(C#Cc4cc(C(=O)Cl)cc(C(=O)Cl)c4)cc1)(C3)C2. The minimum Gasteiger partial charge on any atom is -0.276 e. The van der Waals surface area contributed by atoms with Crippen molar-refractivity contribution in [3.63, 3.8) is 0 Å². The molecule has 2 nitrogen and oxygen atoms in total. The van der Waals surface area contributed by atoms with Gasteiger partial charge >= 0.3 is 0 Å². The van der Waals surface area contributed by atoms with Crippen LogP contribution in [0.3, 0.4) is 0 Å². The van der Waals surface area contributed by atoms with E-state index in [0.29, 0.717) is 21.8 Å². The molecule has 0 saturated heterocycles. The second kappa shape index (κ2) is 7.47. The lowest BCUT2D eigenvalue weighted by atomic mass is 9.39. The Kier molecular flexibility index (Phi) is 5.08. The van der Waals surface area contributed by atoms with Crippen LogP contribution in [-0.2, 0) is 5.41 Å². The quantitative estimate of drug-likeness (QED) is 0.358. The molecule has 0 spiro atoms. The predicted molar refractivity (Wildman–Crippen MR) is 128 cm³/mol. The molecular formula is C28H26Cl2O2. The summed E-state index contributed by atoms with van der Waals surface area (Å²) >= 11 is 11.2. The lowest BCUT2D eigenvalue weighted by Gasteiger charge is -2.65. The molecule has 4 aliphatic carbocycles. The molecule has 0 heterocycles. The Bertz CT molecular complexity index is 1130. The van der Waals surface area contributed by atoms with E-state index in [1.165, 1.54) is 50.2 Å². The molecule has 4 fully saturated rings. The van der Waals surface area contributed by atoms with Crippen molar-refractivity contribution < 1.29 is 9.59 Å². The van der Waals surface area contributed by atoms with Crippen LogP contribution in [-0.4, -0.2) is 10.5 Å². The number of carbonyl (C=O) groups is 2. The van der Waals surface area contributed by atoms with Crippen LogP contribution in [0.2, 0.25) is 0 Å². The monoisotopic (exact) mass is 464 g/mol. The number of rotatable bonds is 3. The van der Waals surface area contributed by atoms with Gasteiger partial charge in [-0.3, -0.25) is 9.59 Å². The minimum absolute atomic E-state index is 0.210. The van der Waals surface area contributed by atoms with Crippen molar-refractivity contribution >= 4 is 33.7 Å². The molecule has 4 bridgehead atoms. The Morgan fingerprint density at radius 2 is 1.31 bits per heavy atom. The van der Waals surface area contributed by atoms with Crippen LogP contribution in [0.4, 0.5) is 0 Å². The van der Waals surface area contributed by atoms with E-state index < -0.39 is 10.5 Å². The molecule has 32 heavy (non-hydrogen) atoms. The standard InChI is InChI=1S/C28H26Cl2O2/c1-26-12-20-13-27(2,15-26)17-28(14-20,16-26)23-7-5-18(6-8-23)3-4-19-9-21(24(29)31)11-22(10-19)25(30)32/h5-11,20H,12-17H2,1-2H3. The van der Waals surface area contributed by atoms with Gasteiger partial charge in [0.25, 0.3) is 10.5 Å². The van der Waals surface area contributed by atoms with Gasteiger partial charge in [-0.1, -0.05) is 37.8 Å². The third kappa shape index (κ3) is 3.91. The molecule has 2 aromatic carbocycles. The van der Waals surface area contributed by atoms with Crippen molar-refractivity contribution in [3.8, 4) is 11.8 Å². The summed E-state index contributed by atoms with van der Waals surface area (Å²) in [6, 6.07) is 13.3. The zero-order valence-electron chi connectivity index (χ0n) is 18.4. The summed E-state index contributed by atoms with van der Waals surface area (Å²) < 4.78 is 0. The Balaban J connectivity index is 1.42. The summed E-state index contributed by atoms with van der Waals surface area (Å²) in [5.41, 5.74) is 4.57. The molecule has 2 aromatic rings. The summed E-state index contributed by atoms with van der Waals surface area (Å²) in [6.45, 7) is 5.01. The second-order valence-corrected chi connectivity index (χ2v) is 11.8. The number of hydrogen-bond acceptors (Lipinski definition) is 2. The normalized spacial score (nSPS) is 32.3. The van der Waals surface area contributed by atoms with Crippen LogP contribution >= 0.6 is 23.2 Å². The molecule has 4 aliphatic rings. The molecule has 2 atom stereocenters. The molecule has 2 unspecified atom stereocenters. The van der Waals surface area contributed by atoms with E-state index in [1.54, 1.807) is 12.1 Å². The van der Waals surface area contributed by atoms with E-state index in [0.717, 1.165) is 11.5 Å². The fourth-order valence-electron chi connectivity index (χ4n) is 7.75. The Morgan fingerprint density at radius 3 is 1.81 bits per heavy atom. The van der Waals surface area contributed by atoms with Gasteiger partial charge in [-0.05, 0) is 120 Å². The summed E-state index contributed by atoms with van der Waals surface area (Å²) in [5.74, 6) is 7.05. The Labute approximate surface area is 199 Å². The largest absolute Gasteiger partial charge is 0.276 e. The van der Waals surface area contributed by atoms with E-state index in [2.05, 4.69) is 50.0 Å². The third-order valence-corrected chi connectivity index (χ3v) is 8.30. The van der Waals surface area contributed by atoms with Crippen LogP contribution in [0.5, 0.6) is 0 Å². The zero-order valence-corrected chi connectivity index (χ0v) is 19.9. The van der Waals surface area contributed by atoms with Gasteiger partial charge in [-0.15, -0.1) is 0 Å². The van der Waals surface area contributed by atoms with Gasteiger partial charge in [-0.2, -0.15) is 0 Å². The topological polar surface area (TPSA) is 34.1 Å². The first kappa shape index (κ1) is 21.7. The van der Waals surface area contributed by atoms with E-state index in [1.807, 2.05) is 0 Å². The molecule has 164 valence electrons. The van der Waals surface area contributed by atoms with Gasteiger partial charge in [0.05, 0.1) is 0 Å². The van der Waals surface area contributed by atoms with Crippen LogP contribution in [0.25, 0.3) is 0 Å². The van der Waals surface area contributed by atoms with Crippen molar-refractivity contribution in [1.82, 2.24) is 0 Å². The highest BCUT2D eigenvalue weighted by Crippen LogP contribution is 2.69. The van der Waals surface area contributed by atoms with Crippen LogP contribution < -0.4 is 0 Å². The van der Waals surface area contributed by atoms with Gasteiger partial charge in [0.1, 0.15) is 0 Å². The average molecular weight is 465 g/mol. The Hall–Kier alpha value is -2.08. The van der Waals surface area contributed by atoms with Crippen LogP contribution in [0.1, 0.15) is 89.8 Å². The predicted octanol–water partition coefficient (Wildman–Crippen LogP) is 7.09. The van der Waals surface area contributed by atoms with E-state index >= 15 is 0 Å². The van der Waals surface area contributed by atoms with Gasteiger partial charge in [-0.25, -0.2) is 0 Å². The maximum Gasteiger partial charge on any atom is 0.252 e. The van der Waals surface area contributed by atoms with E-state index in [4.69, 9.17) is 23.2 Å². The van der Waals surface area contributed by atoms with Crippen molar-refractivity contribution in [1.29, 1.82) is 0 Å². The summed E-state index contributed by atoms with van der Waals surface area (Å²) in [7, 11) is 0. The van der Waals surface area contributed by atoms with Crippen molar-refractivity contribution in [2.45, 2.75) is 57.8 Å². The first-order valence-electron chi connectivity index (χ1n) is 11.2. The zero-order chi connectivity index (χ0) is 22.7. The molecular weight excluding hydrogens is 439 g/mol. The summed E-state index contributed by atoms with van der Waals surface area (Å²) in [6.07, 6.45) is 8.07. The van der Waals surface area contributed by atoms with Crippen molar-refractivity contribution in [2.24, 2.45) is 16.7 Å².